The molecule has 0 fully saturated rings. The van der Waals surface area contributed by atoms with E-state index in [-0.39, 0.29) is 17.8 Å². The molecule has 1 amide bonds. The fourth-order valence-electron chi connectivity index (χ4n) is 2.52. The van der Waals surface area contributed by atoms with E-state index < -0.39 is 6.04 Å². The largest absolute Gasteiger partial charge is 0.324 e. The maximum Gasteiger partial charge on any atom is 0.246 e. The van der Waals surface area contributed by atoms with Gasteiger partial charge >= 0.3 is 0 Å². The van der Waals surface area contributed by atoms with E-state index in [0.29, 0.717) is 10.7 Å². The van der Waals surface area contributed by atoms with E-state index in [9.17, 15) is 9.18 Å². The van der Waals surface area contributed by atoms with E-state index in [0.717, 1.165) is 11.1 Å². The summed E-state index contributed by atoms with van der Waals surface area (Å²) in [5.41, 5.74) is 2.27. The van der Waals surface area contributed by atoms with Gasteiger partial charge in [-0.05, 0) is 36.8 Å². The quantitative estimate of drug-likeness (QED) is 0.905. The molecule has 1 heterocycles. The molecule has 3 rings (SSSR count). The fraction of sp³-hybridized carbons (Fsp3) is 0.188. The molecule has 2 N–H and O–H groups in total. The molecule has 0 saturated heterocycles. The van der Waals surface area contributed by atoms with Gasteiger partial charge in [0, 0.05) is 22.3 Å². The third kappa shape index (κ3) is 2.77. The third-order valence-corrected chi connectivity index (χ3v) is 3.85. The zero-order valence-electron chi connectivity index (χ0n) is 11.4. The highest BCUT2D eigenvalue weighted by Crippen LogP contribution is 2.33. The lowest BCUT2D eigenvalue weighted by molar-refractivity contribution is -0.117. The van der Waals surface area contributed by atoms with Crippen LogP contribution in [0.1, 0.15) is 30.1 Å². The van der Waals surface area contributed by atoms with Crippen LogP contribution in [0.15, 0.2) is 42.5 Å². The summed E-state index contributed by atoms with van der Waals surface area (Å²) in [4.78, 5) is 12.1. The van der Waals surface area contributed by atoms with Gasteiger partial charge < -0.3 is 5.32 Å². The van der Waals surface area contributed by atoms with Crippen LogP contribution in [0.4, 0.5) is 10.1 Å². The first-order valence-corrected chi connectivity index (χ1v) is 7.04. The molecule has 3 nitrogen and oxygen atoms in total. The summed E-state index contributed by atoms with van der Waals surface area (Å²) in [5.74, 6) is -0.540. The molecule has 1 aliphatic heterocycles. The summed E-state index contributed by atoms with van der Waals surface area (Å²) in [7, 11) is 0. The van der Waals surface area contributed by atoms with Gasteiger partial charge in [-0.3, -0.25) is 10.1 Å². The summed E-state index contributed by atoms with van der Waals surface area (Å²) >= 11 is 5.98. The number of anilines is 1. The summed E-state index contributed by atoms with van der Waals surface area (Å²) < 4.78 is 13.2. The Balaban J connectivity index is 1.84. The predicted molar refractivity (Wildman–Crippen MR) is 80.8 cm³/mol. The van der Waals surface area contributed by atoms with Gasteiger partial charge in [0.15, 0.2) is 0 Å². The minimum Gasteiger partial charge on any atom is -0.324 e. The second kappa shape index (κ2) is 5.47. The van der Waals surface area contributed by atoms with E-state index in [1.54, 1.807) is 12.1 Å². The Morgan fingerprint density at radius 2 is 2.10 bits per heavy atom. The molecule has 2 atom stereocenters. The van der Waals surface area contributed by atoms with E-state index in [2.05, 4.69) is 10.6 Å². The Kier molecular flexibility index (Phi) is 3.66. The first kappa shape index (κ1) is 14.0. The van der Waals surface area contributed by atoms with Crippen LogP contribution in [-0.4, -0.2) is 5.91 Å². The molecule has 0 spiro atoms. The molecule has 2 aromatic carbocycles. The van der Waals surface area contributed by atoms with Crippen molar-refractivity contribution in [3.8, 4) is 0 Å². The van der Waals surface area contributed by atoms with Crippen molar-refractivity contribution >= 4 is 23.2 Å². The predicted octanol–water partition coefficient (Wildman–Crippen LogP) is 3.82. The van der Waals surface area contributed by atoms with Gasteiger partial charge in [-0.25, -0.2) is 4.39 Å². The number of carbonyl (C=O) groups is 1. The van der Waals surface area contributed by atoms with Crippen LogP contribution >= 0.6 is 11.6 Å². The number of fused-ring (bicyclic) bond motifs is 1. The minimum absolute atomic E-state index is 0.0598. The standard InChI is InChI=1S/C16H14ClFN2O/c1-9(10-3-2-4-11(17)7-10)19-15-13-6-5-12(18)8-14(13)20-16(15)21/h2-9,15,19H,1H3,(H,20,21). The Morgan fingerprint density at radius 1 is 1.29 bits per heavy atom. The summed E-state index contributed by atoms with van der Waals surface area (Å²) in [6.45, 7) is 1.96. The van der Waals surface area contributed by atoms with Gasteiger partial charge in [0.2, 0.25) is 5.91 Å². The smallest absolute Gasteiger partial charge is 0.246 e. The normalized spacial score (nSPS) is 18.2. The molecule has 0 aromatic heterocycles. The van der Waals surface area contributed by atoms with Crippen LogP contribution in [0.3, 0.4) is 0 Å². The zero-order valence-corrected chi connectivity index (χ0v) is 12.1. The number of carbonyl (C=O) groups excluding carboxylic acids is 1. The van der Waals surface area contributed by atoms with Crippen molar-refractivity contribution in [3.63, 3.8) is 0 Å². The Bertz CT molecular complexity index is 704. The molecule has 2 unspecified atom stereocenters. The van der Waals surface area contributed by atoms with Crippen molar-refractivity contribution in [1.82, 2.24) is 5.32 Å². The van der Waals surface area contributed by atoms with Crippen molar-refractivity contribution < 1.29 is 9.18 Å². The number of amides is 1. The van der Waals surface area contributed by atoms with Gasteiger partial charge in [0.1, 0.15) is 11.9 Å². The molecule has 0 aliphatic carbocycles. The van der Waals surface area contributed by atoms with Crippen molar-refractivity contribution in [2.24, 2.45) is 0 Å². The second-order valence-electron chi connectivity index (χ2n) is 5.10. The van der Waals surface area contributed by atoms with Gasteiger partial charge in [-0.15, -0.1) is 0 Å². The van der Waals surface area contributed by atoms with Gasteiger partial charge in [-0.1, -0.05) is 29.8 Å². The lowest BCUT2D eigenvalue weighted by Crippen LogP contribution is -2.29. The number of hydrogen-bond donors (Lipinski definition) is 2. The molecule has 108 valence electrons. The molecule has 5 heteroatoms. The summed E-state index contributed by atoms with van der Waals surface area (Å²) in [5, 5.41) is 6.60. The first-order chi connectivity index (χ1) is 10.0. The fourth-order valence-corrected chi connectivity index (χ4v) is 2.72. The summed E-state index contributed by atoms with van der Waals surface area (Å²) in [6.07, 6.45) is 0. The van der Waals surface area contributed by atoms with E-state index in [1.165, 1.54) is 12.1 Å². The molecular weight excluding hydrogens is 291 g/mol. The average Bonchev–Trinajstić information content (AvgIpc) is 2.74. The van der Waals surface area contributed by atoms with Crippen molar-refractivity contribution in [1.29, 1.82) is 0 Å². The molecule has 1 aliphatic rings. The van der Waals surface area contributed by atoms with Crippen molar-refractivity contribution in [3.05, 3.63) is 64.4 Å². The number of benzene rings is 2. The number of rotatable bonds is 3. The lowest BCUT2D eigenvalue weighted by atomic mass is 10.0. The van der Waals surface area contributed by atoms with Crippen LogP contribution in [0.25, 0.3) is 0 Å². The summed E-state index contributed by atoms with van der Waals surface area (Å²) in [6, 6.07) is 11.2. The van der Waals surface area contributed by atoms with E-state index >= 15 is 0 Å². The van der Waals surface area contributed by atoms with Gasteiger partial charge in [0.05, 0.1) is 0 Å². The average molecular weight is 305 g/mol. The molecule has 0 saturated carbocycles. The maximum atomic E-state index is 13.2. The van der Waals surface area contributed by atoms with E-state index in [1.807, 2.05) is 25.1 Å². The van der Waals surface area contributed by atoms with E-state index in [4.69, 9.17) is 11.6 Å². The molecular formula is C16H14ClFN2O. The zero-order chi connectivity index (χ0) is 15.0. The highest BCUT2D eigenvalue weighted by Gasteiger charge is 2.31. The first-order valence-electron chi connectivity index (χ1n) is 6.66. The number of nitrogens with one attached hydrogen (secondary N) is 2. The molecule has 21 heavy (non-hydrogen) atoms. The Morgan fingerprint density at radius 3 is 2.86 bits per heavy atom. The molecule has 2 aromatic rings. The van der Waals surface area contributed by atoms with Crippen LogP contribution in [0.2, 0.25) is 5.02 Å². The van der Waals surface area contributed by atoms with Gasteiger partial charge in [0.25, 0.3) is 0 Å². The SMILES string of the molecule is CC(NC1C(=O)Nc2cc(F)ccc21)c1cccc(Cl)c1. The topological polar surface area (TPSA) is 41.1 Å². The second-order valence-corrected chi connectivity index (χ2v) is 5.53. The Labute approximate surface area is 127 Å². The highest BCUT2D eigenvalue weighted by molar-refractivity contribution is 6.30. The van der Waals surface area contributed by atoms with Crippen LogP contribution in [-0.2, 0) is 4.79 Å². The van der Waals surface area contributed by atoms with Crippen molar-refractivity contribution in [2.75, 3.05) is 5.32 Å². The number of hydrogen-bond acceptors (Lipinski definition) is 2. The maximum absolute atomic E-state index is 13.2. The highest BCUT2D eigenvalue weighted by atomic mass is 35.5. The van der Waals surface area contributed by atoms with Crippen LogP contribution in [0.5, 0.6) is 0 Å². The number of halogens is 2. The lowest BCUT2D eigenvalue weighted by Gasteiger charge is -2.19. The van der Waals surface area contributed by atoms with Gasteiger partial charge in [-0.2, -0.15) is 0 Å². The van der Waals surface area contributed by atoms with Crippen molar-refractivity contribution in [2.45, 2.75) is 19.0 Å². The third-order valence-electron chi connectivity index (χ3n) is 3.61. The minimum atomic E-state index is -0.491. The molecule has 0 bridgehead atoms. The van der Waals surface area contributed by atoms with Crippen LogP contribution in [0, 0.1) is 5.82 Å². The Hall–Kier alpha value is -1.91. The monoisotopic (exact) mass is 304 g/mol. The molecule has 0 radical (unpaired) electrons. The van der Waals surface area contributed by atoms with Crippen LogP contribution < -0.4 is 10.6 Å².